The molecule has 2 saturated heterocycles. The molecule has 19 heavy (non-hydrogen) atoms. The Hall–Kier alpha value is -0.610. The summed E-state index contributed by atoms with van der Waals surface area (Å²) in [6.45, 7) is 15.9. The molecule has 4 nitrogen and oxygen atoms in total. The van der Waals surface area contributed by atoms with E-state index in [1.54, 1.807) is 0 Å². The molecule has 0 aromatic rings. The molecule has 2 bridgehead atoms. The molecule has 2 aliphatic rings. The van der Waals surface area contributed by atoms with Crippen molar-refractivity contribution in [1.29, 1.82) is 0 Å². The maximum atomic E-state index is 12.6. The van der Waals surface area contributed by atoms with Gasteiger partial charge in [-0.05, 0) is 20.8 Å². The highest BCUT2D eigenvalue weighted by Crippen LogP contribution is 2.30. The van der Waals surface area contributed by atoms with E-state index in [4.69, 9.17) is 4.74 Å². The van der Waals surface area contributed by atoms with Crippen LogP contribution >= 0.6 is 0 Å². The van der Waals surface area contributed by atoms with Crippen LogP contribution in [0.4, 0.5) is 0 Å². The summed E-state index contributed by atoms with van der Waals surface area (Å²) in [4.78, 5) is 17.2. The fraction of sp³-hybridized carbons (Fsp3) is 0.933. The SMILES string of the molecule is CC(C)(C)C(=O)N1C2COCC1CN(C(C)(C)C)C2. The van der Waals surface area contributed by atoms with Gasteiger partial charge >= 0.3 is 0 Å². The zero-order valence-electron chi connectivity index (χ0n) is 13.2. The molecule has 0 aromatic carbocycles. The van der Waals surface area contributed by atoms with Crippen molar-refractivity contribution in [3.8, 4) is 0 Å². The quantitative estimate of drug-likeness (QED) is 0.671. The van der Waals surface area contributed by atoms with E-state index < -0.39 is 0 Å². The van der Waals surface area contributed by atoms with E-state index in [1.165, 1.54) is 0 Å². The monoisotopic (exact) mass is 268 g/mol. The van der Waals surface area contributed by atoms with E-state index in [0.29, 0.717) is 13.2 Å². The molecular formula is C15H28N2O2. The summed E-state index contributed by atoms with van der Waals surface area (Å²) in [5, 5.41) is 0. The number of hydrogen-bond donors (Lipinski definition) is 0. The average molecular weight is 268 g/mol. The number of hydrogen-bond acceptors (Lipinski definition) is 3. The lowest BCUT2D eigenvalue weighted by Gasteiger charge is -2.54. The van der Waals surface area contributed by atoms with Gasteiger partial charge in [0, 0.05) is 24.0 Å². The first kappa shape index (κ1) is 14.8. The van der Waals surface area contributed by atoms with Crippen molar-refractivity contribution in [3.63, 3.8) is 0 Å². The van der Waals surface area contributed by atoms with Crippen molar-refractivity contribution in [2.75, 3.05) is 26.3 Å². The number of morpholine rings is 1. The van der Waals surface area contributed by atoms with Crippen LogP contribution in [-0.4, -0.2) is 59.6 Å². The topological polar surface area (TPSA) is 32.8 Å². The summed E-state index contributed by atoms with van der Waals surface area (Å²) < 4.78 is 5.67. The van der Waals surface area contributed by atoms with Gasteiger partial charge in [-0.2, -0.15) is 0 Å². The predicted octanol–water partition coefficient (Wildman–Crippen LogP) is 1.74. The highest BCUT2D eigenvalue weighted by Gasteiger charge is 2.45. The third-order valence-electron chi connectivity index (χ3n) is 4.09. The van der Waals surface area contributed by atoms with Crippen LogP contribution in [0.3, 0.4) is 0 Å². The summed E-state index contributed by atoms with van der Waals surface area (Å²) in [5.41, 5.74) is -0.150. The summed E-state index contributed by atoms with van der Waals surface area (Å²) in [5.74, 6) is 0.263. The van der Waals surface area contributed by atoms with Crippen molar-refractivity contribution in [1.82, 2.24) is 9.80 Å². The van der Waals surface area contributed by atoms with Gasteiger partial charge in [-0.1, -0.05) is 20.8 Å². The first-order valence-electron chi connectivity index (χ1n) is 7.26. The molecular weight excluding hydrogens is 240 g/mol. The molecule has 2 unspecified atom stereocenters. The van der Waals surface area contributed by atoms with Gasteiger partial charge in [0.2, 0.25) is 5.91 Å². The van der Waals surface area contributed by atoms with Crippen LogP contribution in [0.5, 0.6) is 0 Å². The van der Waals surface area contributed by atoms with Crippen LogP contribution in [0.25, 0.3) is 0 Å². The lowest BCUT2D eigenvalue weighted by atomic mass is 9.90. The summed E-state index contributed by atoms with van der Waals surface area (Å²) in [7, 11) is 0. The van der Waals surface area contributed by atoms with Gasteiger partial charge in [0.15, 0.2) is 0 Å². The number of nitrogens with zero attached hydrogens (tertiary/aromatic N) is 2. The van der Waals surface area contributed by atoms with Crippen molar-refractivity contribution in [3.05, 3.63) is 0 Å². The third kappa shape index (κ3) is 2.95. The van der Waals surface area contributed by atoms with Gasteiger partial charge < -0.3 is 9.64 Å². The second-order valence-electron chi connectivity index (χ2n) is 7.88. The Morgan fingerprint density at radius 2 is 1.47 bits per heavy atom. The van der Waals surface area contributed by atoms with Crippen LogP contribution in [0.15, 0.2) is 0 Å². The smallest absolute Gasteiger partial charge is 0.228 e. The minimum absolute atomic E-state index is 0.157. The van der Waals surface area contributed by atoms with Gasteiger partial charge in [-0.25, -0.2) is 0 Å². The minimum Gasteiger partial charge on any atom is -0.377 e. The summed E-state index contributed by atoms with van der Waals surface area (Å²) in [6.07, 6.45) is 0. The molecule has 4 heteroatoms. The molecule has 0 radical (unpaired) electrons. The standard InChI is InChI=1S/C15H28N2O2/c1-14(2,3)13(18)17-11-7-16(15(4,5)6)8-12(17)10-19-9-11/h11-12H,7-10H2,1-6H3. The molecule has 1 amide bonds. The van der Waals surface area contributed by atoms with Crippen LogP contribution in [0.2, 0.25) is 0 Å². The summed E-state index contributed by atoms with van der Waals surface area (Å²) in [6, 6.07) is 0.414. The Bertz CT molecular complexity index is 340. The molecule has 0 aliphatic carbocycles. The van der Waals surface area contributed by atoms with E-state index >= 15 is 0 Å². The third-order valence-corrected chi connectivity index (χ3v) is 4.09. The lowest BCUT2D eigenvalue weighted by molar-refractivity contribution is -0.167. The van der Waals surface area contributed by atoms with Crippen LogP contribution in [0.1, 0.15) is 41.5 Å². The number of carbonyl (C=O) groups excluding carboxylic acids is 1. The van der Waals surface area contributed by atoms with Crippen LogP contribution < -0.4 is 0 Å². The molecule has 2 aliphatic heterocycles. The minimum atomic E-state index is -0.308. The second kappa shape index (κ2) is 4.74. The molecule has 110 valence electrons. The van der Waals surface area contributed by atoms with E-state index in [1.807, 2.05) is 20.8 Å². The molecule has 0 N–H and O–H groups in total. The highest BCUT2D eigenvalue weighted by atomic mass is 16.5. The fourth-order valence-corrected chi connectivity index (χ4v) is 2.93. The molecule has 0 spiro atoms. The Morgan fingerprint density at radius 3 is 1.84 bits per heavy atom. The van der Waals surface area contributed by atoms with E-state index in [0.717, 1.165) is 13.1 Å². The largest absolute Gasteiger partial charge is 0.377 e. The maximum Gasteiger partial charge on any atom is 0.228 e. The van der Waals surface area contributed by atoms with E-state index in [9.17, 15) is 4.79 Å². The fourth-order valence-electron chi connectivity index (χ4n) is 2.93. The maximum absolute atomic E-state index is 12.6. The molecule has 2 heterocycles. The Labute approximate surface area is 117 Å². The van der Waals surface area contributed by atoms with Crippen molar-refractivity contribution in [2.45, 2.75) is 59.2 Å². The zero-order chi connectivity index (χ0) is 14.4. The Balaban J connectivity index is 2.19. The molecule has 0 saturated carbocycles. The molecule has 0 aromatic heterocycles. The van der Waals surface area contributed by atoms with Gasteiger partial charge in [-0.15, -0.1) is 0 Å². The van der Waals surface area contributed by atoms with Gasteiger partial charge in [0.1, 0.15) is 0 Å². The number of carbonyl (C=O) groups is 1. The van der Waals surface area contributed by atoms with Crippen LogP contribution in [0, 0.1) is 5.41 Å². The molecule has 2 fully saturated rings. The van der Waals surface area contributed by atoms with Gasteiger partial charge in [0.25, 0.3) is 0 Å². The van der Waals surface area contributed by atoms with E-state index in [-0.39, 0.29) is 28.9 Å². The molecule has 2 atom stereocenters. The summed E-state index contributed by atoms with van der Waals surface area (Å²) >= 11 is 0. The number of rotatable bonds is 0. The number of amides is 1. The Kier molecular flexibility index (Phi) is 3.69. The van der Waals surface area contributed by atoms with Crippen molar-refractivity contribution >= 4 is 5.91 Å². The predicted molar refractivity (Wildman–Crippen MR) is 76.0 cm³/mol. The number of piperazine rings is 1. The first-order chi connectivity index (χ1) is 8.60. The first-order valence-corrected chi connectivity index (χ1v) is 7.26. The number of fused-ring (bicyclic) bond motifs is 2. The molecule has 2 rings (SSSR count). The zero-order valence-corrected chi connectivity index (χ0v) is 13.2. The highest BCUT2D eigenvalue weighted by molar-refractivity contribution is 5.82. The normalized spacial score (nSPS) is 29.5. The van der Waals surface area contributed by atoms with Crippen molar-refractivity contribution in [2.24, 2.45) is 5.41 Å². The average Bonchev–Trinajstić information content (AvgIpc) is 2.23. The van der Waals surface area contributed by atoms with Crippen molar-refractivity contribution < 1.29 is 9.53 Å². The van der Waals surface area contributed by atoms with E-state index in [2.05, 4.69) is 30.6 Å². The van der Waals surface area contributed by atoms with Gasteiger partial charge in [-0.3, -0.25) is 9.69 Å². The number of ether oxygens (including phenoxy) is 1. The Morgan fingerprint density at radius 1 is 1.00 bits per heavy atom. The second-order valence-corrected chi connectivity index (χ2v) is 7.88. The van der Waals surface area contributed by atoms with Crippen LogP contribution in [-0.2, 0) is 9.53 Å². The lowest BCUT2D eigenvalue weighted by Crippen LogP contribution is -2.69. The van der Waals surface area contributed by atoms with Gasteiger partial charge in [0.05, 0.1) is 25.3 Å².